The van der Waals surface area contributed by atoms with Crippen molar-refractivity contribution in [2.45, 2.75) is 40.2 Å². The Morgan fingerprint density at radius 2 is 1.89 bits per heavy atom. The van der Waals surface area contributed by atoms with Gasteiger partial charge in [-0.3, -0.25) is 0 Å². The van der Waals surface area contributed by atoms with E-state index < -0.39 is 0 Å². The molecule has 1 fully saturated rings. The van der Waals surface area contributed by atoms with Gasteiger partial charge >= 0.3 is 6.09 Å². The number of ether oxygens (including phenoxy) is 1. The predicted octanol–water partition coefficient (Wildman–Crippen LogP) is 3.39. The van der Waals surface area contributed by atoms with E-state index in [2.05, 4.69) is 31.3 Å². The number of carbonyl (C=O) groups excluding carboxylic acids is 1. The topological polar surface area (TPSA) is 38.3 Å². The van der Waals surface area contributed by atoms with Gasteiger partial charge in [-0.1, -0.05) is 58.0 Å². The van der Waals surface area contributed by atoms with Crippen molar-refractivity contribution in [3.63, 3.8) is 0 Å². The molecule has 1 N–H and O–H groups in total. The molecule has 3 nitrogen and oxygen atoms in total. The number of carbonyl (C=O) groups is 1. The first-order valence-corrected chi connectivity index (χ1v) is 6.56. The summed E-state index contributed by atoms with van der Waals surface area (Å²) in [6, 6.07) is 10.3. The zero-order valence-corrected chi connectivity index (χ0v) is 11.7. The molecule has 1 saturated heterocycles. The lowest BCUT2D eigenvalue weighted by molar-refractivity contribution is 0.0623. The Morgan fingerprint density at radius 3 is 2.39 bits per heavy atom. The fourth-order valence-corrected chi connectivity index (χ4v) is 2.06. The van der Waals surface area contributed by atoms with E-state index >= 15 is 0 Å². The van der Waals surface area contributed by atoms with Crippen LogP contribution in [0.25, 0.3) is 0 Å². The van der Waals surface area contributed by atoms with E-state index in [1.54, 1.807) is 0 Å². The Labute approximate surface area is 110 Å². The van der Waals surface area contributed by atoms with Gasteiger partial charge in [-0.05, 0) is 12.0 Å². The SMILES string of the molecule is CC.CC(C)(Cc1ccccc1)C1CNC(=O)O1. The second kappa shape index (κ2) is 6.43. The van der Waals surface area contributed by atoms with Gasteiger partial charge in [-0.2, -0.15) is 0 Å². The van der Waals surface area contributed by atoms with Crippen molar-refractivity contribution >= 4 is 6.09 Å². The van der Waals surface area contributed by atoms with Crippen molar-refractivity contribution in [2.24, 2.45) is 5.41 Å². The molecule has 18 heavy (non-hydrogen) atoms. The van der Waals surface area contributed by atoms with Crippen molar-refractivity contribution in [3.8, 4) is 0 Å². The summed E-state index contributed by atoms with van der Waals surface area (Å²) in [6.45, 7) is 8.87. The summed E-state index contributed by atoms with van der Waals surface area (Å²) in [5.41, 5.74) is 1.23. The zero-order valence-electron chi connectivity index (χ0n) is 11.7. The molecule has 1 amide bonds. The molecule has 1 unspecified atom stereocenters. The van der Waals surface area contributed by atoms with Gasteiger partial charge in [0, 0.05) is 5.41 Å². The van der Waals surface area contributed by atoms with E-state index in [0.29, 0.717) is 6.54 Å². The third kappa shape index (κ3) is 3.76. The number of rotatable bonds is 3. The minimum absolute atomic E-state index is 0.0412. The molecule has 100 valence electrons. The fourth-order valence-electron chi connectivity index (χ4n) is 2.06. The van der Waals surface area contributed by atoms with Crippen LogP contribution >= 0.6 is 0 Å². The van der Waals surface area contributed by atoms with Crippen LogP contribution in [-0.2, 0) is 11.2 Å². The van der Waals surface area contributed by atoms with Crippen LogP contribution in [-0.4, -0.2) is 18.7 Å². The lowest BCUT2D eigenvalue weighted by atomic mass is 9.80. The molecule has 0 spiro atoms. The van der Waals surface area contributed by atoms with Gasteiger partial charge < -0.3 is 10.1 Å². The van der Waals surface area contributed by atoms with E-state index in [9.17, 15) is 4.79 Å². The number of cyclic esters (lactones) is 1. The van der Waals surface area contributed by atoms with Gasteiger partial charge in [0.05, 0.1) is 6.54 Å². The van der Waals surface area contributed by atoms with E-state index in [1.807, 2.05) is 32.0 Å². The van der Waals surface area contributed by atoms with Crippen LogP contribution in [0.4, 0.5) is 4.79 Å². The molecule has 0 aliphatic carbocycles. The second-order valence-corrected chi connectivity index (χ2v) is 4.93. The van der Waals surface area contributed by atoms with Crippen molar-refractivity contribution in [3.05, 3.63) is 35.9 Å². The molecular weight excluding hydrogens is 226 g/mol. The monoisotopic (exact) mass is 249 g/mol. The number of amides is 1. The summed E-state index contributed by atoms with van der Waals surface area (Å²) >= 11 is 0. The van der Waals surface area contributed by atoms with Gasteiger partial charge in [-0.25, -0.2) is 4.79 Å². The summed E-state index contributed by atoms with van der Waals surface area (Å²) in [5.74, 6) is 0. The number of benzene rings is 1. The van der Waals surface area contributed by atoms with Gasteiger partial charge in [0.15, 0.2) is 0 Å². The maximum atomic E-state index is 11.0. The summed E-state index contributed by atoms with van der Waals surface area (Å²) in [5, 5.41) is 2.70. The maximum absolute atomic E-state index is 11.0. The van der Waals surface area contributed by atoms with Crippen LogP contribution in [0.2, 0.25) is 0 Å². The standard InChI is InChI=1S/C13H17NO2.C2H6/c1-13(2,11-9-14-12(15)16-11)8-10-6-4-3-5-7-10;1-2/h3-7,11H,8-9H2,1-2H3,(H,14,15);1-2H3. The van der Waals surface area contributed by atoms with Crippen molar-refractivity contribution in [1.29, 1.82) is 0 Å². The average Bonchev–Trinajstić information content (AvgIpc) is 2.80. The quantitative estimate of drug-likeness (QED) is 0.891. The molecule has 1 heterocycles. The summed E-state index contributed by atoms with van der Waals surface area (Å²) in [7, 11) is 0. The highest BCUT2D eigenvalue weighted by Crippen LogP contribution is 2.29. The molecule has 3 heteroatoms. The number of nitrogens with one attached hydrogen (secondary N) is 1. The number of hydrogen-bond acceptors (Lipinski definition) is 2. The summed E-state index contributed by atoms with van der Waals surface area (Å²) in [4.78, 5) is 11.0. The molecule has 0 saturated carbocycles. The lowest BCUT2D eigenvalue weighted by Crippen LogP contribution is -2.34. The molecule has 1 aromatic carbocycles. The Kier molecular flexibility index (Phi) is 5.20. The van der Waals surface area contributed by atoms with Gasteiger partial charge in [-0.15, -0.1) is 0 Å². The number of hydrogen-bond donors (Lipinski definition) is 1. The molecule has 0 aromatic heterocycles. The zero-order chi connectivity index (χ0) is 13.6. The molecule has 0 bridgehead atoms. The van der Waals surface area contributed by atoms with Crippen LogP contribution in [0.5, 0.6) is 0 Å². The van der Waals surface area contributed by atoms with Gasteiger partial charge in [0.25, 0.3) is 0 Å². The molecule has 1 aliphatic rings. The second-order valence-electron chi connectivity index (χ2n) is 4.93. The number of alkyl carbamates (subject to hydrolysis) is 1. The smallest absolute Gasteiger partial charge is 0.407 e. The predicted molar refractivity (Wildman–Crippen MR) is 73.5 cm³/mol. The van der Waals surface area contributed by atoms with Crippen molar-refractivity contribution in [2.75, 3.05) is 6.54 Å². The first-order chi connectivity index (χ1) is 8.58. The lowest BCUT2D eigenvalue weighted by Gasteiger charge is -2.29. The summed E-state index contributed by atoms with van der Waals surface area (Å²) in [6.07, 6.45) is 0.569. The minimum Gasteiger partial charge on any atom is -0.444 e. The molecule has 2 rings (SSSR count). The maximum Gasteiger partial charge on any atom is 0.407 e. The molecule has 1 aliphatic heterocycles. The molecular formula is C15H23NO2. The van der Waals surface area contributed by atoms with Gasteiger partial charge in [0.1, 0.15) is 6.10 Å². The van der Waals surface area contributed by atoms with E-state index in [0.717, 1.165) is 6.42 Å². The van der Waals surface area contributed by atoms with Crippen LogP contribution in [0, 0.1) is 5.41 Å². The Morgan fingerprint density at radius 1 is 1.28 bits per heavy atom. The van der Waals surface area contributed by atoms with E-state index in [4.69, 9.17) is 4.74 Å². The highest BCUT2D eigenvalue weighted by molar-refractivity contribution is 5.69. The molecule has 0 radical (unpaired) electrons. The fraction of sp³-hybridized carbons (Fsp3) is 0.533. The highest BCUT2D eigenvalue weighted by atomic mass is 16.6. The van der Waals surface area contributed by atoms with Crippen molar-refractivity contribution < 1.29 is 9.53 Å². The van der Waals surface area contributed by atoms with Crippen molar-refractivity contribution in [1.82, 2.24) is 5.32 Å². The third-order valence-corrected chi connectivity index (χ3v) is 3.06. The Hall–Kier alpha value is -1.51. The molecule has 1 aromatic rings. The van der Waals surface area contributed by atoms with E-state index in [1.165, 1.54) is 5.56 Å². The largest absolute Gasteiger partial charge is 0.444 e. The Bertz CT molecular complexity index is 373. The van der Waals surface area contributed by atoms with Crippen LogP contribution in [0.3, 0.4) is 0 Å². The normalized spacial score (nSPS) is 18.4. The first-order valence-electron chi connectivity index (χ1n) is 6.56. The van der Waals surface area contributed by atoms with Crippen LogP contribution in [0.1, 0.15) is 33.3 Å². The third-order valence-electron chi connectivity index (χ3n) is 3.06. The van der Waals surface area contributed by atoms with Crippen LogP contribution in [0.15, 0.2) is 30.3 Å². The minimum atomic E-state index is -0.300. The highest BCUT2D eigenvalue weighted by Gasteiger charge is 2.36. The van der Waals surface area contributed by atoms with Crippen LogP contribution < -0.4 is 5.32 Å². The molecule has 1 atom stereocenters. The first kappa shape index (κ1) is 14.6. The van der Waals surface area contributed by atoms with Gasteiger partial charge in [0.2, 0.25) is 0 Å². The summed E-state index contributed by atoms with van der Waals surface area (Å²) < 4.78 is 5.25. The average molecular weight is 249 g/mol. The van der Waals surface area contributed by atoms with E-state index in [-0.39, 0.29) is 17.6 Å². The Balaban J connectivity index is 0.000000771.